The first kappa shape index (κ1) is 17.8. The van der Waals surface area contributed by atoms with Crippen LogP contribution < -0.4 is 0 Å². The lowest BCUT2D eigenvalue weighted by molar-refractivity contribution is -0.149. The molecule has 27 heavy (non-hydrogen) atoms. The number of aliphatic hydroxyl groups excluding tert-OH is 1. The van der Waals surface area contributed by atoms with Gasteiger partial charge in [-0.3, -0.25) is 0 Å². The Labute approximate surface area is 160 Å². The Balaban J connectivity index is 1.66. The fraction of sp³-hybridized carbons (Fsp3) is 0.375. The summed E-state index contributed by atoms with van der Waals surface area (Å²) in [7, 11) is 0. The van der Waals surface area contributed by atoms with Crippen LogP contribution in [-0.2, 0) is 16.0 Å². The summed E-state index contributed by atoms with van der Waals surface area (Å²) in [5.41, 5.74) is 1.86. The third kappa shape index (κ3) is 3.39. The molecule has 1 heterocycles. The summed E-state index contributed by atoms with van der Waals surface area (Å²) in [6, 6.07) is 20.2. The summed E-state index contributed by atoms with van der Waals surface area (Å²) in [6.07, 6.45) is 4.12. The molecule has 0 spiro atoms. The fourth-order valence-corrected chi connectivity index (χ4v) is 4.24. The van der Waals surface area contributed by atoms with Crippen molar-refractivity contribution in [1.82, 2.24) is 0 Å². The van der Waals surface area contributed by atoms with Crippen molar-refractivity contribution in [3.05, 3.63) is 83.1 Å². The van der Waals surface area contributed by atoms with Gasteiger partial charge in [-0.25, -0.2) is 4.79 Å². The number of hydrogen-bond donors (Lipinski definition) is 1. The quantitative estimate of drug-likeness (QED) is 0.677. The van der Waals surface area contributed by atoms with E-state index < -0.39 is 5.60 Å². The molecule has 140 valence electrons. The molecule has 0 saturated heterocycles. The predicted molar refractivity (Wildman–Crippen MR) is 105 cm³/mol. The van der Waals surface area contributed by atoms with Crippen LogP contribution in [0, 0.1) is 5.92 Å². The summed E-state index contributed by atoms with van der Waals surface area (Å²) in [6.45, 7) is 1.98. The van der Waals surface area contributed by atoms with Crippen molar-refractivity contribution in [3.8, 4) is 0 Å². The van der Waals surface area contributed by atoms with E-state index in [1.165, 1.54) is 5.56 Å². The van der Waals surface area contributed by atoms with Crippen molar-refractivity contribution in [2.24, 2.45) is 5.92 Å². The Hall–Kier alpha value is -2.55. The van der Waals surface area contributed by atoms with E-state index in [1.54, 1.807) is 0 Å². The predicted octanol–water partition coefficient (Wildman–Crippen LogP) is 5.33. The minimum Gasteiger partial charge on any atom is -0.507 e. The molecule has 3 nitrogen and oxygen atoms in total. The van der Waals surface area contributed by atoms with Crippen LogP contribution in [0.15, 0.2) is 72.0 Å². The smallest absolute Gasteiger partial charge is 0.339 e. The van der Waals surface area contributed by atoms with Crippen LogP contribution in [0.5, 0.6) is 0 Å². The normalized spacial score (nSPS) is 23.4. The first-order valence-corrected chi connectivity index (χ1v) is 9.90. The molecule has 0 amide bonds. The lowest BCUT2D eigenvalue weighted by Gasteiger charge is -2.27. The molecule has 0 bridgehead atoms. The van der Waals surface area contributed by atoms with E-state index in [-0.39, 0.29) is 17.6 Å². The zero-order valence-electron chi connectivity index (χ0n) is 15.7. The summed E-state index contributed by atoms with van der Waals surface area (Å²) >= 11 is 0. The van der Waals surface area contributed by atoms with Crippen molar-refractivity contribution < 1.29 is 14.6 Å². The monoisotopic (exact) mass is 362 g/mol. The number of hydrogen-bond acceptors (Lipinski definition) is 3. The number of esters is 1. The van der Waals surface area contributed by atoms with E-state index >= 15 is 0 Å². The molecule has 4 rings (SSSR count). The highest BCUT2D eigenvalue weighted by molar-refractivity contribution is 5.94. The number of carbonyl (C=O) groups is 1. The van der Waals surface area contributed by atoms with Gasteiger partial charge in [-0.1, -0.05) is 67.6 Å². The molecule has 2 aromatic rings. The van der Waals surface area contributed by atoms with Gasteiger partial charge in [-0.2, -0.15) is 0 Å². The van der Waals surface area contributed by atoms with Crippen LogP contribution >= 0.6 is 0 Å². The SMILES string of the molecule is CCC1(CCc2ccccc2)OC(=O)C(C(c2ccccc2)C2CC2)=C1O. The number of carbonyl (C=O) groups excluding carboxylic acids is 1. The third-order valence-electron chi connectivity index (χ3n) is 5.99. The molecule has 1 saturated carbocycles. The largest absolute Gasteiger partial charge is 0.507 e. The van der Waals surface area contributed by atoms with Crippen LogP contribution in [0.2, 0.25) is 0 Å². The maximum Gasteiger partial charge on any atom is 0.339 e. The number of rotatable bonds is 7. The highest BCUT2D eigenvalue weighted by Crippen LogP contribution is 2.51. The number of cyclic esters (lactones) is 1. The molecule has 1 fully saturated rings. The average Bonchev–Trinajstić information content (AvgIpc) is 3.51. The van der Waals surface area contributed by atoms with Gasteiger partial charge in [-0.05, 0) is 49.1 Å². The van der Waals surface area contributed by atoms with Crippen LogP contribution in [-0.4, -0.2) is 16.7 Å². The molecule has 1 aliphatic heterocycles. The Kier molecular flexibility index (Phi) is 4.77. The molecule has 2 unspecified atom stereocenters. The second kappa shape index (κ2) is 7.22. The zero-order chi connectivity index (χ0) is 18.9. The second-order valence-corrected chi connectivity index (χ2v) is 7.71. The van der Waals surface area contributed by atoms with Crippen molar-refractivity contribution in [2.45, 2.75) is 50.5 Å². The fourth-order valence-electron chi connectivity index (χ4n) is 4.24. The lowest BCUT2D eigenvalue weighted by Crippen LogP contribution is -2.32. The summed E-state index contributed by atoms with van der Waals surface area (Å²) < 4.78 is 5.86. The molecule has 2 aliphatic rings. The van der Waals surface area contributed by atoms with Crippen molar-refractivity contribution in [2.75, 3.05) is 0 Å². The van der Waals surface area contributed by atoms with Crippen LogP contribution in [0.4, 0.5) is 0 Å². The molecule has 2 atom stereocenters. The first-order valence-electron chi connectivity index (χ1n) is 9.90. The summed E-state index contributed by atoms with van der Waals surface area (Å²) in [5.74, 6) is 0.164. The molecule has 0 aromatic heterocycles. The highest BCUT2D eigenvalue weighted by atomic mass is 16.6. The Morgan fingerprint density at radius 2 is 1.70 bits per heavy atom. The van der Waals surface area contributed by atoms with E-state index in [2.05, 4.69) is 12.1 Å². The van der Waals surface area contributed by atoms with E-state index in [9.17, 15) is 9.90 Å². The summed E-state index contributed by atoms with van der Waals surface area (Å²) in [4.78, 5) is 12.9. The number of benzene rings is 2. The minimum absolute atomic E-state index is 0.0659. The van der Waals surface area contributed by atoms with Gasteiger partial charge in [0.15, 0.2) is 5.60 Å². The molecular formula is C24H26O3. The van der Waals surface area contributed by atoms with Crippen LogP contribution in [0.3, 0.4) is 0 Å². The third-order valence-corrected chi connectivity index (χ3v) is 5.99. The Bertz CT molecular complexity index is 836. The van der Waals surface area contributed by atoms with Gasteiger partial charge in [-0.15, -0.1) is 0 Å². The molecule has 0 radical (unpaired) electrons. The lowest BCUT2D eigenvalue weighted by atomic mass is 9.82. The van der Waals surface area contributed by atoms with Crippen molar-refractivity contribution in [3.63, 3.8) is 0 Å². The second-order valence-electron chi connectivity index (χ2n) is 7.71. The van der Waals surface area contributed by atoms with Crippen molar-refractivity contribution >= 4 is 5.97 Å². The maximum atomic E-state index is 12.9. The average molecular weight is 362 g/mol. The molecule has 3 heteroatoms. The van der Waals surface area contributed by atoms with Crippen molar-refractivity contribution in [1.29, 1.82) is 0 Å². The van der Waals surface area contributed by atoms with Gasteiger partial charge >= 0.3 is 5.97 Å². The van der Waals surface area contributed by atoms with Gasteiger partial charge in [0.1, 0.15) is 5.76 Å². The van der Waals surface area contributed by atoms with E-state index in [0.29, 0.717) is 24.3 Å². The van der Waals surface area contributed by atoms with Gasteiger partial charge in [0.25, 0.3) is 0 Å². The van der Waals surface area contributed by atoms with E-state index in [4.69, 9.17) is 4.74 Å². The first-order chi connectivity index (χ1) is 13.1. The molecule has 2 aromatic carbocycles. The maximum absolute atomic E-state index is 12.9. The van der Waals surface area contributed by atoms with E-state index in [1.807, 2.05) is 55.5 Å². The zero-order valence-corrected chi connectivity index (χ0v) is 15.7. The van der Waals surface area contributed by atoms with E-state index in [0.717, 1.165) is 24.8 Å². The van der Waals surface area contributed by atoms with Gasteiger partial charge in [0.2, 0.25) is 0 Å². The summed E-state index contributed by atoms with van der Waals surface area (Å²) in [5, 5.41) is 11.2. The molecular weight excluding hydrogens is 336 g/mol. The topological polar surface area (TPSA) is 46.5 Å². The number of aliphatic hydroxyl groups is 1. The number of aryl methyl sites for hydroxylation is 1. The van der Waals surface area contributed by atoms with Gasteiger partial charge in [0.05, 0.1) is 5.57 Å². The Morgan fingerprint density at radius 1 is 1.07 bits per heavy atom. The minimum atomic E-state index is -0.899. The van der Waals surface area contributed by atoms with Gasteiger partial charge < -0.3 is 9.84 Å². The molecule has 1 aliphatic carbocycles. The standard InChI is InChI=1S/C24H26O3/c1-2-24(16-15-17-9-5-3-6-10-17)22(25)21(23(26)27-24)20(19-13-14-19)18-11-7-4-8-12-18/h3-12,19-20,25H,2,13-16H2,1H3. The van der Waals surface area contributed by atoms with Crippen LogP contribution in [0.1, 0.15) is 49.7 Å². The van der Waals surface area contributed by atoms with Gasteiger partial charge in [0, 0.05) is 5.92 Å². The highest BCUT2D eigenvalue weighted by Gasteiger charge is 2.51. The molecule has 1 N–H and O–H groups in total. The Morgan fingerprint density at radius 3 is 2.30 bits per heavy atom. The number of ether oxygens (including phenoxy) is 1. The van der Waals surface area contributed by atoms with Crippen LogP contribution in [0.25, 0.3) is 0 Å².